The largest absolute Gasteiger partial charge is 0.329 e. The molecule has 0 atom stereocenters. The number of rotatable bonds is 4. The van der Waals surface area contributed by atoms with Crippen molar-refractivity contribution in [1.29, 1.82) is 0 Å². The smallest absolute Gasteiger partial charge is 0.255 e. The van der Waals surface area contributed by atoms with Gasteiger partial charge >= 0.3 is 0 Å². The molecule has 5 heteroatoms. The van der Waals surface area contributed by atoms with Gasteiger partial charge in [0.2, 0.25) is 0 Å². The van der Waals surface area contributed by atoms with Crippen LogP contribution < -0.4 is 5.56 Å². The summed E-state index contributed by atoms with van der Waals surface area (Å²) in [6.07, 6.45) is 0.989. The van der Waals surface area contributed by atoms with E-state index in [4.69, 9.17) is 12.2 Å². The first-order chi connectivity index (χ1) is 11.2. The predicted molar refractivity (Wildman–Crippen MR) is 92.3 cm³/mol. The second-order valence-electron chi connectivity index (χ2n) is 5.16. The Morgan fingerprint density at radius 2 is 1.57 bits per heavy atom. The molecule has 0 saturated carbocycles. The highest BCUT2D eigenvalue weighted by Crippen LogP contribution is 2.20. The molecule has 1 aromatic heterocycles. The molecule has 0 spiro atoms. The number of aromatic amines is 2. The van der Waals surface area contributed by atoms with Crippen molar-refractivity contribution in [2.24, 2.45) is 0 Å². The van der Waals surface area contributed by atoms with Crippen LogP contribution in [-0.4, -0.2) is 16.3 Å². The zero-order valence-electron chi connectivity index (χ0n) is 12.2. The molecule has 23 heavy (non-hydrogen) atoms. The number of carbonyl (C=O) groups is 1. The molecule has 0 bridgehead atoms. The summed E-state index contributed by atoms with van der Waals surface area (Å²) in [6, 6.07) is 18.0. The lowest BCUT2D eigenvalue weighted by atomic mass is 10.0. The number of H-pyrrole nitrogens is 2. The van der Waals surface area contributed by atoms with Gasteiger partial charge in [-0.1, -0.05) is 54.6 Å². The Labute approximate surface area is 137 Å². The highest BCUT2D eigenvalue weighted by Gasteiger charge is 2.09. The molecule has 3 rings (SSSR count). The van der Waals surface area contributed by atoms with Gasteiger partial charge < -0.3 is 4.98 Å². The monoisotopic (exact) mass is 322 g/mol. The predicted octanol–water partition coefficient (Wildman–Crippen LogP) is 3.50. The van der Waals surface area contributed by atoms with Crippen molar-refractivity contribution in [2.75, 3.05) is 0 Å². The van der Waals surface area contributed by atoms with E-state index in [-0.39, 0.29) is 16.0 Å². The van der Waals surface area contributed by atoms with Gasteiger partial charge in [-0.15, -0.1) is 0 Å². The summed E-state index contributed by atoms with van der Waals surface area (Å²) >= 11 is 4.88. The van der Waals surface area contributed by atoms with Gasteiger partial charge in [0.25, 0.3) is 5.56 Å². The van der Waals surface area contributed by atoms with Crippen LogP contribution in [-0.2, 0) is 6.42 Å². The molecular formula is C18H14N2O2S. The molecule has 1 heterocycles. The van der Waals surface area contributed by atoms with Crippen molar-refractivity contribution in [3.63, 3.8) is 0 Å². The summed E-state index contributed by atoms with van der Waals surface area (Å²) < 4.78 is 0.153. The fourth-order valence-electron chi connectivity index (χ4n) is 2.46. The van der Waals surface area contributed by atoms with E-state index >= 15 is 0 Å². The average molecular weight is 322 g/mol. The summed E-state index contributed by atoms with van der Waals surface area (Å²) in [4.78, 5) is 28.4. The van der Waals surface area contributed by atoms with E-state index in [1.54, 1.807) is 0 Å². The van der Waals surface area contributed by atoms with Crippen LogP contribution in [0.25, 0.3) is 11.1 Å². The molecule has 0 aliphatic carbocycles. The van der Waals surface area contributed by atoms with Crippen molar-refractivity contribution in [3.05, 3.63) is 86.5 Å². The second kappa shape index (κ2) is 6.54. The molecule has 0 aliphatic rings. The van der Waals surface area contributed by atoms with Gasteiger partial charge in [-0.05, 0) is 28.9 Å². The molecule has 2 N–H and O–H groups in total. The minimum atomic E-state index is -0.331. The van der Waals surface area contributed by atoms with Crippen molar-refractivity contribution in [1.82, 2.24) is 9.97 Å². The Kier molecular flexibility index (Phi) is 4.30. The number of aromatic nitrogens is 2. The molecular weight excluding hydrogens is 308 g/mol. The Hall–Kier alpha value is -2.79. The molecule has 0 aliphatic heterocycles. The van der Waals surface area contributed by atoms with Gasteiger partial charge in [-0.25, -0.2) is 0 Å². The molecule has 0 amide bonds. The van der Waals surface area contributed by atoms with Crippen LogP contribution >= 0.6 is 12.2 Å². The molecule has 0 fully saturated rings. The number of hydrogen-bond acceptors (Lipinski definition) is 3. The maximum absolute atomic E-state index is 12.0. The van der Waals surface area contributed by atoms with Crippen LogP contribution in [0.5, 0.6) is 0 Å². The van der Waals surface area contributed by atoms with Gasteiger partial charge in [-0.2, -0.15) is 0 Å². The maximum Gasteiger partial charge on any atom is 0.255 e. The molecule has 0 saturated heterocycles. The SMILES string of the molecule is O=Cc1[nH]c(=S)[nH]c(=O)c1Cc1ccc(-c2ccccc2)cc1. The number of aldehydes is 1. The Balaban J connectivity index is 1.92. The van der Waals surface area contributed by atoms with Crippen LogP contribution in [0.3, 0.4) is 0 Å². The van der Waals surface area contributed by atoms with Crippen LogP contribution in [0.4, 0.5) is 0 Å². The van der Waals surface area contributed by atoms with E-state index in [2.05, 4.69) is 9.97 Å². The third kappa shape index (κ3) is 3.35. The van der Waals surface area contributed by atoms with E-state index < -0.39 is 0 Å². The zero-order chi connectivity index (χ0) is 16.2. The van der Waals surface area contributed by atoms with E-state index in [0.717, 1.165) is 16.7 Å². The minimum Gasteiger partial charge on any atom is -0.329 e. The first kappa shape index (κ1) is 15.1. The van der Waals surface area contributed by atoms with Crippen molar-refractivity contribution < 1.29 is 4.79 Å². The van der Waals surface area contributed by atoms with Crippen molar-refractivity contribution >= 4 is 18.5 Å². The number of nitrogens with one attached hydrogen (secondary N) is 2. The van der Waals surface area contributed by atoms with E-state index in [0.29, 0.717) is 18.3 Å². The fourth-order valence-corrected chi connectivity index (χ4v) is 2.66. The third-order valence-corrected chi connectivity index (χ3v) is 3.84. The topological polar surface area (TPSA) is 65.7 Å². The fraction of sp³-hybridized carbons (Fsp3) is 0.0556. The van der Waals surface area contributed by atoms with Crippen LogP contribution in [0.1, 0.15) is 21.6 Å². The standard InChI is InChI=1S/C18H14N2O2S/c21-11-16-15(17(22)20-18(23)19-16)10-12-6-8-14(9-7-12)13-4-2-1-3-5-13/h1-9,11H,10H2,(H2,19,20,22,23). The molecule has 3 aromatic rings. The Morgan fingerprint density at radius 3 is 2.22 bits per heavy atom. The first-order valence-electron chi connectivity index (χ1n) is 7.12. The minimum absolute atomic E-state index is 0.153. The summed E-state index contributed by atoms with van der Waals surface area (Å²) in [6.45, 7) is 0. The van der Waals surface area contributed by atoms with Gasteiger partial charge in [0.05, 0.1) is 5.69 Å². The number of hydrogen-bond donors (Lipinski definition) is 2. The van der Waals surface area contributed by atoms with Crippen LogP contribution in [0.15, 0.2) is 59.4 Å². The lowest BCUT2D eigenvalue weighted by Gasteiger charge is -2.06. The number of carbonyl (C=O) groups excluding carboxylic acids is 1. The number of benzene rings is 2. The third-order valence-electron chi connectivity index (χ3n) is 3.63. The Bertz CT molecular complexity index is 941. The molecule has 0 unspecified atom stereocenters. The first-order valence-corrected chi connectivity index (χ1v) is 7.53. The second-order valence-corrected chi connectivity index (χ2v) is 5.57. The summed E-state index contributed by atoms with van der Waals surface area (Å²) in [5.41, 5.74) is 3.47. The van der Waals surface area contributed by atoms with E-state index in [9.17, 15) is 9.59 Å². The zero-order valence-corrected chi connectivity index (χ0v) is 13.0. The lowest BCUT2D eigenvalue weighted by molar-refractivity contribution is 0.111. The summed E-state index contributed by atoms with van der Waals surface area (Å²) in [7, 11) is 0. The maximum atomic E-state index is 12.0. The van der Waals surface area contributed by atoms with Crippen LogP contribution in [0, 0.1) is 4.77 Å². The van der Waals surface area contributed by atoms with Crippen LogP contribution in [0.2, 0.25) is 0 Å². The molecule has 4 nitrogen and oxygen atoms in total. The average Bonchev–Trinajstić information content (AvgIpc) is 2.58. The summed E-state index contributed by atoms with van der Waals surface area (Å²) in [5, 5.41) is 0. The highest BCUT2D eigenvalue weighted by molar-refractivity contribution is 7.71. The quantitative estimate of drug-likeness (QED) is 0.571. The lowest BCUT2D eigenvalue weighted by Crippen LogP contribution is -2.18. The van der Waals surface area contributed by atoms with Gasteiger partial charge in [-0.3, -0.25) is 14.6 Å². The normalized spacial score (nSPS) is 10.4. The Morgan fingerprint density at radius 1 is 0.913 bits per heavy atom. The van der Waals surface area contributed by atoms with Gasteiger partial charge in [0, 0.05) is 12.0 Å². The van der Waals surface area contributed by atoms with Gasteiger partial charge in [0.1, 0.15) is 0 Å². The van der Waals surface area contributed by atoms with E-state index in [1.165, 1.54) is 0 Å². The van der Waals surface area contributed by atoms with Crippen molar-refractivity contribution in [3.8, 4) is 11.1 Å². The molecule has 2 aromatic carbocycles. The highest BCUT2D eigenvalue weighted by atomic mass is 32.1. The summed E-state index contributed by atoms with van der Waals surface area (Å²) in [5.74, 6) is 0. The molecule has 114 valence electrons. The van der Waals surface area contributed by atoms with Crippen molar-refractivity contribution in [2.45, 2.75) is 6.42 Å². The van der Waals surface area contributed by atoms with Gasteiger partial charge in [0.15, 0.2) is 11.1 Å². The molecule has 0 radical (unpaired) electrons. The van der Waals surface area contributed by atoms with E-state index in [1.807, 2.05) is 54.6 Å².